The fourth-order valence-corrected chi connectivity index (χ4v) is 1.34. The van der Waals surface area contributed by atoms with E-state index in [0.29, 0.717) is 12.2 Å². The van der Waals surface area contributed by atoms with Gasteiger partial charge in [-0.2, -0.15) is 12.6 Å². The summed E-state index contributed by atoms with van der Waals surface area (Å²) in [6, 6.07) is 2.20. The number of phenolic OH excluding ortho intramolecular Hbond substituents is 2. The molecule has 86 valence electrons. The maximum absolute atomic E-state index is 10.6. The van der Waals surface area contributed by atoms with Gasteiger partial charge in [0.2, 0.25) is 0 Å². The number of aromatic carboxylic acids is 1. The average molecular weight is 240 g/mol. The molecule has 1 rings (SSSR count). The zero-order valence-electron chi connectivity index (χ0n) is 8.42. The normalized spacial score (nSPS) is 10.8. The number of allylic oxidation sites excluding steroid dienone is 1. The number of rotatable bonds is 4. The van der Waals surface area contributed by atoms with Gasteiger partial charge >= 0.3 is 5.97 Å². The van der Waals surface area contributed by atoms with Gasteiger partial charge in [0.25, 0.3) is 0 Å². The minimum absolute atomic E-state index is 0.152. The summed E-state index contributed by atoms with van der Waals surface area (Å²) >= 11 is 4.01. The summed E-state index contributed by atoms with van der Waals surface area (Å²) in [7, 11) is 0. The van der Waals surface area contributed by atoms with Gasteiger partial charge < -0.3 is 15.3 Å². The van der Waals surface area contributed by atoms with Crippen LogP contribution in [-0.4, -0.2) is 27.0 Å². The van der Waals surface area contributed by atoms with Crippen LogP contribution in [0.3, 0.4) is 0 Å². The van der Waals surface area contributed by atoms with Gasteiger partial charge in [-0.25, -0.2) is 4.79 Å². The smallest absolute Gasteiger partial charge is 0.335 e. The van der Waals surface area contributed by atoms with Crippen LogP contribution in [0.2, 0.25) is 0 Å². The van der Waals surface area contributed by atoms with Crippen molar-refractivity contribution in [3.63, 3.8) is 0 Å². The highest BCUT2D eigenvalue weighted by Gasteiger charge is 2.11. The number of carboxylic acid groups (broad SMARTS) is 1. The molecule has 0 amide bonds. The maximum atomic E-state index is 10.6. The number of phenols is 2. The Bertz CT molecular complexity index is 403. The molecule has 4 nitrogen and oxygen atoms in total. The van der Waals surface area contributed by atoms with Gasteiger partial charge in [-0.15, -0.1) is 0 Å². The molecule has 0 heterocycles. The van der Waals surface area contributed by atoms with Gasteiger partial charge in [0.05, 0.1) is 11.1 Å². The minimum atomic E-state index is -1.20. The van der Waals surface area contributed by atoms with Crippen molar-refractivity contribution in [3.05, 3.63) is 29.3 Å². The third-order valence-corrected chi connectivity index (χ3v) is 2.22. The third kappa shape index (κ3) is 2.93. The first-order chi connectivity index (χ1) is 7.56. The molecule has 0 aromatic heterocycles. The third-order valence-electron chi connectivity index (χ3n) is 1.96. The van der Waals surface area contributed by atoms with Crippen LogP contribution in [-0.2, 0) is 0 Å². The standard InChI is InChI=1S/C11H12O4S/c12-9-5-7(11(14)15)6-10(13)8(9)3-1-2-4-16/h1,3,5-6,12-13,16H,2,4H2,(H,14,15). The summed E-state index contributed by atoms with van der Waals surface area (Å²) < 4.78 is 0. The number of carbonyl (C=O) groups is 1. The predicted molar refractivity (Wildman–Crippen MR) is 64.2 cm³/mol. The zero-order valence-corrected chi connectivity index (χ0v) is 9.32. The summed E-state index contributed by atoms with van der Waals surface area (Å²) in [5.41, 5.74) is 0.0631. The van der Waals surface area contributed by atoms with Crippen LogP contribution in [0, 0.1) is 0 Å². The average Bonchev–Trinajstić information content (AvgIpc) is 2.21. The molecule has 5 heteroatoms. The second kappa shape index (κ2) is 5.46. The Morgan fingerprint density at radius 1 is 1.31 bits per heavy atom. The SMILES string of the molecule is O=C(O)c1cc(O)c(C=CCCS)c(O)c1. The second-order valence-corrected chi connectivity index (χ2v) is 3.60. The first-order valence-electron chi connectivity index (χ1n) is 4.63. The van der Waals surface area contributed by atoms with E-state index in [1.54, 1.807) is 6.08 Å². The summed E-state index contributed by atoms with van der Waals surface area (Å²) in [6.45, 7) is 0. The van der Waals surface area contributed by atoms with Gasteiger partial charge in [-0.3, -0.25) is 0 Å². The van der Waals surface area contributed by atoms with E-state index in [1.165, 1.54) is 6.08 Å². The van der Waals surface area contributed by atoms with Crippen LogP contribution in [0.5, 0.6) is 11.5 Å². The lowest BCUT2D eigenvalue weighted by Crippen LogP contribution is -1.96. The number of carboxylic acids is 1. The summed E-state index contributed by atoms with van der Waals surface area (Å²) in [6.07, 6.45) is 3.97. The molecule has 0 fully saturated rings. The van der Waals surface area contributed by atoms with Crippen molar-refractivity contribution in [3.8, 4) is 11.5 Å². The predicted octanol–water partition coefficient (Wildman–Crippen LogP) is 2.13. The molecule has 0 bridgehead atoms. The van der Waals surface area contributed by atoms with E-state index < -0.39 is 5.97 Å². The monoisotopic (exact) mass is 240 g/mol. The lowest BCUT2D eigenvalue weighted by molar-refractivity contribution is 0.0696. The highest BCUT2D eigenvalue weighted by Crippen LogP contribution is 2.30. The quantitative estimate of drug-likeness (QED) is 0.608. The number of hydrogen-bond acceptors (Lipinski definition) is 4. The first kappa shape index (κ1) is 12.4. The summed E-state index contributed by atoms with van der Waals surface area (Å²) in [5, 5.41) is 27.7. The van der Waals surface area contributed by atoms with Crippen molar-refractivity contribution < 1.29 is 20.1 Å². The van der Waals surface area contributed by atoms with E-state index >= 15 is 0 Å². The second-order valence-electron chi connectivity index (χ2n) is 3.15. The van der Waals surface area contributed by atoms with Crippen LogP contribution < -0.4 is 0 Å². The van der Waals surface area contributed by atoms with Crippen molar-refractivity contribution in [2.24, 2.45) is 0 Å². The molecule has 0 aliphatic rings. The largest absolute Gasteiger partial charge is 0.507 e. The molecule has 1 aromatic rings. The Labute approximate surface area is 98.3 Å². The number of hydrogen-bond donors (Lipinski definition) is 4. The van der Waals surface area contributed by atoms with Gasteiger partial charge in [0, 0.05) is 0 Å². The van der Waals surface area contributed by atoms with Crippen molar-refractivity contribution >= 4 is 24.7 Å². The Hall–Kier alpha value is -1.62. The molecule has 0 saturated carbocycles. The van der Waals surface area contributed by atoms with Gasteiger partial charge in [0.15, 0.2) is 0 Å². The number of thiol groups is 1. The van der Waals surface area contributed by atoms with Crippen LogP contribution >= 0.6 is 12.6 Å². The Balaban J connectivity index is 3.07. The van der Waals surface area contributed by atoms with E-state index in [0.717, 1.165) is 12.1 Å². The molecule has 0 spiro atoms. The topological polar surface area (TPSA) is 77.8 Å². The van der Waals surface area contributed by atoms with E-state index in [2.05, 4.69) is 12.6 Å². The highest BCUT2D eigenvalue weighted by molar-refractivity contribution is 7.80. The first-order valence-corrected chi connectivity index (χ1v) is 5.26. The molecule has 0 aliphatic carbocycles. The Kier molecular flexibility index (Phi) is 4.25. The molecular formula is C11H12O4S. The van der Waals surface area contributed by atoms with E-state index in [1.807, 2.05) is 0 Å². The fraction of sp³-hybridized carbons (Fsp3) is 0.182. The van der Waals surface area contributed by atoms with Crippen LogP contribution in [0.15, 0.2) is 18.2 Å². The Morgan fingerprint density at radius 2 is 1.88 bits per heavy atom. The van der Waals surface area contributed by atoms with E-state index in [9.17, 15) is 15.0 Å². The Morgan fingerprint density at radius 3 is 2.31 bits per heavy atom. The fourth-order valence-electron chi connectivity index (χ4n) is 1.19. The molecular weight excluding hydrogens is 228 g/mol. The maximum Gasteiger partial charge on any atom is 0.335 e. The van der Waals surface area contributed by atoms with Crippen molar-refractivity contribution in [1.29, 1.82) is 0 Å². The molecule has 0 unspecified atom stereocenters. The zero-order chi connectivity index (χ0) is 12.1. The lowest BCUT2D eigenvalue weighted by Gasteiger charge is -2.04. The molecule has 16 heavy (non-hydrogen) atoms. The van der Waals surface area contributed by atoms with Gasteiger partial charge in [-0.05, 0) is 24.3 Å². The van der Waals surface area contributed by atoms with Crippen LogP contribution in [0.4, 0.5) is 0 Å². The van der Waals surface area contributed by atoms with Crippen LogP contribution in [0.25, 0.3) is 6.08 Å². The number of aromatic hydroxyl groups is 2. The molecule has 1 aromatic carbocycles. The lowest BCUT2D eigenvalue weighted by atomic mass is 10.1. The van der Waals surface area contributed by atoms with Crippen LogP contribution in [0.1, 0.15) is 22.3 Å². The van der Waals surface area contributed by atoms with Gasteiger partial charge in [-0.1, -0.05) is 12.2 Å². The minimum Gasteiger partial charge on any atom is -0.507 e. The molecule has 0 atom stereocenters. The van der Waals surface area contributed by atoms with E-state index in [-0.39, 0.29) is 22.6 Å². The van der Waals surface area contributed by atoms with Crippen molar-refractivity contribution in [2.75, 3.05) is 5.75 Å². The molecule has 0 saturated heterocycles. The van der Waals surface area contributed by atoms with Gasteiger partial charge in [0.1, 0.15) is 11.5 Å². The molecule has 3 N–H and O–H groups in total. The molecule has 0 radical (unpaired) electrons. The highest BCUT2D eigenvalue weighted by atomic mass is 32.1. The summed E-state index contributed by atoms with van der Waals surface area (Å²) in [5.74, 6) is -1.05. The van der Waals surface area contributed by atoms with E-state index in [4.69, 9.17) is 5.11 Å². The number of benzene rings is 1. The van der Waals surface area contributed by atoms with Crippen molar-refractivity contribution in [2.45, 2.75) is 6.42 Å². The summed E-state index contributed by atoms with van der Waals surface area (Å²) in [4.78, 5) is 10.6. The molecule has 0 aliphatic heterocycles. The van der Waals surface area contributed by atoms with Crippen molar-refractivity contribution in [1.82, 2.24) is 0 Å².